The lowest BCUT2D eigenvalue weighted by Crippen LogP contribution is -1.99. The van der Waals surface area contributed by atoms with Crippen molar-refractivity contribution in [3.63, 3.8) is 0 Å². The number of nitrogens with zero attached hydrogens (tertiary/aromatic N) is 2. The summed E-state index contributed by atoms with van der Waals surface area (Å²) < 4.78 is 5.23. The van der Waals surface area contributed by atoms with Gasteiger partial charge in [-0.15, -0.1) is 0 Å². The number of benzene rings is 1. The quantitative estimate of drug-likeness (QED) is 0.767. The van der Waals surface area contributed by atoms with Gasteiger partial charge in [-0.25, -0.2) is 9.97 Å². The average Bonchev–Trinajstić information content (AvgIpc) is 2.28. The van der Waals surface area contributed by atoms with E-state index in [2.05, 4.69) is 16.9 Å². The van der Waals surface area contributed by atoms with Crippen molar-refractivity contribution in [3.8, 4) is 5.88 Å². The van der Waals surface area contributed by atoms with Gasteiger partial charge in [0.05, 0.1) is 18.1 Å². The van der Waals surface area contributed by atoms with Gasteiger partial charge in [0.15, 0.2) is 0 Å². The highest BCUT2D eigenvalue weighted by Crippen LogP contribution is 2.19. The molecule has 0 saturated carbocycles. The minimum Gasteiger partial charge on any atom is -0.480 e. The topological polar surface area (TPSA) is 35.0 Å². The third-order valence-electron chi connectivity index (χ3n) is 2.29. The Hall–Kier alpha value is -1.64. The van der Waals surface area contributed by atoms with Gasteiger partial charge in [0, 0.05) is 0 Å². The molecule has 1 heterocycles. The van der Waals surface area contributed by atoms with Crippen LogP contribution in [-0.4, -0.2) is 17.1 Å². The normalized spacial score (nSPS) is 10.5. The van der Waals surface area contributed by atoms with Crippen LogP contribution < -0.4 is 4.74 Å². The molecule has 0 spiro atoms. The SMILES string of the molecule is CCCc1nc2ccccc2nc1OC. The van der Waals surface area contributed by atoms with Gasteiger partial charge >= 0.3 is 0 Å². The van der Waals surface area contributed by atoms with Crippen molar-refractivity contribution in [2.75, 3.05) is 7.11 Å². The molecule has 3 nitrogen and oxygen atoms in total. The van der Waals surface area contributed by atoms with Crippen molar-refractivity contribution in [3.05, 3.63) is 30.0 Å². The van der Waals surface area contributed by atoms with Crippen LogP contribution in [0.15, 0.2) is 24.3 Å². The van der Waals surface area contributed by atoms with E-state index >= 15 is 0 Å². The zero-order valence-electron chi connectivity index (χ0n) is 9.03. The summed E-state index contributed by atoms with van der Waals surface area (Å²) >= 11 is 0. The van der Waals surface area contributed by atoms with Crippen molar-refractivity contribution in [1.82, 2.24) is 9.97 Å². The van der Waals surface area contributed by atoms with Crippen molar-refractivity contribution < 1.29 is 4.74 Å². The molecular formula is C12H14N2O. The summed E-state index contributed by atoms with van der Waals surface area (Å²) in [6.45, 7) is 2.12. The molecule has 0 bridgehead atoms. The fraction of sp³-hybridized carbons (Fsp3) is 0.333. The van der Waals surface area contributed by atoms with E-state index in [0.29, 0.717) is 5.88 Å². The Balaban J connectivity index is 2.58. The second-order valence-electron chi connectivity index (χ2n) is 3.42. The van der Waals surface area contributed by atoms with E-state index < -0.39 is 0 Å². The maximum absolute atomic E-state index is 5.23. The summed E-state index contributed by atoms with van der Waals surface area (Å²) in [5.41, 5.74) is 2.76. The zero-order valence-corrected chi connectivity index (χ0v) is 9.03. The summed E-state index contributed by atoms with van der Waals surface area (Å²) in [4.78, 5) is 8.98. The average molecular weight is 202 g/mol. The highest BCUT2D eigenvalue weighted by molar-refractivity contribution is 5.74. The molecule has 78 valence electrons. The van der Waals surface area contributed by atoms with Crippen LogP contribution in [0.1, 0.15) is 19.0 Å². The van der Waals surface area contributed by atoms with Crippen molar-refractivity contribution >= 4 is 11.0 Å². The molecule has 3 heteroatoms. The number of methoxy groups -OCH3 is 1. The van der Waals surface area contributed by atoms with E-state index in [1.165, 1.54) is 0 Å². The predicted octanol–water partition coefficient (Wildman–Crippen LogP) is 2.59. The van der Waals surface area contributed by atoms with E-state index in [9.17, 15) is 0 Å². The number of aryl methyl sites for hydroxylation is 1. The lowest BCUT2D eigenvalue weighted by Gasteiger charge is -2.06. The largest absolute Gasteiger partial charge is 0.480 e. The number of fused-ring (bicyclic) bond motifs is 1. The third kappa shape index (κ3) is 1.91. The first kappa shape index (κ1) is 9.90. The monoisotopic (exact) mass is 202 g/mol. The number of hydrogen-bond acceptors (Lipinski definition) is 3. The minimum atomic E-state index is 0.649. The molecule has 0 atom stereocenters. The van der Waals surface area contributed by atoms with Crippen LogP contribution in [0.3, 0.4) is 0 Å². The molecule has 0 aliphatic carbocycles. The van der Waals surface area contributed by atoms with E-state index in [4.69, 9.17) is 4.74 Å². The molecule has 0 aliphatic rings. The Labute approximate surface area is 89.1 Å². The van der Waals surface area contributed by atoms with Crippen LogP contribution in [0.5, 0.6) is 5.88 Å². The van der Waals surface area contributed by atoms with Crippen LogP contribution in [-0.2, 0) is 6.42 Å². The van der Waals surface area contributed by atoms with Crippen molar-refractivity contribution in [2.24, 2.45) is 0 Å². The van der Waals surface area contributed by atoms with E-state index in [1.54, 1.807) is 7.11 Å². The molecule has 1 aromatic heterocycles. The number of ether oxygens (including phenoxy) is 1. The van der Waals surface area contributed by atoms with Crippen LogP contribution in [0, 0.1) is 0 Å². The van der Waals surface area contributed by atoms with Gasteiger partial charge in [-0.2, -0.15) is 0 Å². The smallest absolute Gasteiger partial charge is 0.235 e. The predicted molar refractivity (Wildman–Crippen MR) is 60.1 cm³/mol. The molecule has 0 fully saturated rings. The first-order chi connectivity index (χ1) is 7.35. The first-order valence-electron chi connectivity index (χ1n) is 5.14. The molecule has 15 heavy (non-hydrogen) atoms. The standard InChI is InChI=1S/C12H14N2O/c1-3-6-11-12(15-2)14-10-8-5-4-7-9(10)13-11/h4-5,7-8H,3,6H2,1-2H3. The molecule has 1 aromatic carbocycles. The van der Waals surface area contributed by atoms with Crippen molar-refractivity contribution in [2.45, 2.75) is 19.8 Å². The Morgan fingerprint density at radius 2 is 1.80 bits per heavy atom. The van der Waals surface area contributed by atoms with E-state index in [0.717, 1.165) is 29.6 Å². The van der Waals surface area contributed by atoms with Crippen LogP contribution in [0.25, 0.3) is 11.0 Å². The van der Waals surface area contributed by atoms with Gasteiger partial charge in [0.1, 0.15) is 5.69 Å². The van der Waals surface area contributed by atoms with E-state index in [-0.39, 0.29) is 0 Å². The molecule has 0 N–H and O–H groups in total. The minimum absolute atomic E-state index is 0.649. The summed E-state index contributed by atoms with van der Waals surface area (Å²) in [6, 6.07) is 7.84. The molecule has 0 radical (unpaired) electrons. The molecule has 0 unspecified atom stereocenters. The Kier molecular flexibility index (Phi) is 2.81. The summed E-state index contributed by atoms with van der Waals surface area (Å²) in [7, 11) is 1.64. The van der Waals surface area contributed by atoms with Gasteiger partial charge in [0.25, 0.3) is 0 Å². The van der Waals surface area contributed by atoms with Gasteiger partial charge in [-0.05, 0) is 18.6 Å². The van der Waals surface area contributed by atoms with E-state index in [1.807, 2.05) is 24.3 Å². The fourth-order valence-corrected chi connectivity index (χ4v) is 1.58. The van der Waals surface area contributed by atoms with Gasteiger partial charge < -0.3 is 4.74 Å². The number of rotatable bonds is 3. The number of para-hydroxylation sites is 2. The third-order valence-corrected chi connectivity index (χ3v) is 2.29. The number of aromatic nitrogens is 2. The lowest BCUT2D eigenvalue weighted by molar-refractivity contribution is 0.391. The number of hydrogen-bond donors (Lipinski definition) is 0. The zero-order chi connectivity index (χ0) is 10.7. The maximum atomic E-state index is 5.23. The van der Waals surface area contributed by atoms with Gasteiger partial charge in [-0.3, -0.25) is 0 Å². The molecule has 2 aromatic rings. The van der Waals surface area contributed by atoms with Crippen LogP contribution >= 0.6 is 0 Å². The van der Waals surface area contributed by atoms with Crippen molar-refractivity contribution in [1.29, 1.82) is 0 Å². The summed E-state index contributed by atoms with van der Waals surface area (Å²) in [5.74, 6) is 0.649. The van der Waals surface area contributed by atoms with Gasteiger partial charge in [0.2, 0.25) is 5.88 Å². The van der Waals surface area contributed by atoms with Crippen LogP contribution in [0.2, 0.25) is 0 Å². The second kappa shape index (κ2) is 4.26. The van der Waals surface area contributed by atoms with Crippen LogP contribution in [0.4, 0.5) is 0 Å². The summed E-state index contributed by atoms with van der Waals surface area (Å²) in [5, 5.41) is 0. The second-order valence-corrected chi connectivity index (χ2v) is 3.42. The first-order valence-corrected chi connectivity index (χ1v) is 5.14. The van der Waals surface area contributed by atoms with Gasteiger partial charge in [-0.1, -0.05) is 25.5 Å². The maximum Gasteiger partial charge on any atom is 0.235 e. The molecule has 0 amide bonds. The molecular weight excluding hydrogens is 188 g/mol. The lowest BCUT2D eigenvalue weighted by atomic mass is 10.2. The fourth-order valence-electron chi connectivity index (χ4n) is 1.58. The molecule has 0 saturated heterocycles. The Morgan fingerprint density at radius 3 is 2.40 bits per heavy atom. The molecule has 0 aliphatic heterocycles. The highest BCUT2D eigenvalue weighted by atomic mass is 16.5. The molecule has 2 rings (SSSR count). The summed E-state index contributed by atoms with van der Waals surface area (Å²) in [6.07, 6.45) is 1.95. The Bertz CT molecular complexity index is 468. The highest BCUT2D eigenvalue weighted by Gasteiger charge is 2.07. The Morgan fingerprint density at radius 1 is 1.13 bits per heavy atom.